The number of carbonyl (C=O) groups excluding carboxylic acids is 8. The Morgan fingerprint density at radius 3 is 1.89 bits per heavy atom. The van der Waals surface area contributed by atoms with Gasteiger partial charge in [-0.05, 0) is 119 Å². The first-order valence-corrected chi connectivity index (χ1v) is 25.3. The number of alkyl carbamates (subject to hydrolysis) is 2. The minimum atomic E-state index is -1.47. The first kappa shape index (κ1) is 59.2. The molecule has 0 aliphatic carbocycles. The number of ether oxygens (including phenoxy) is 4. The molecule has 19 nitrogen and oxygen atoms in total. The monoisotopic (exact) mass is 1020 g/mol. The minimum Gasteiger partial charge on any atom is -0.467 e. The van der Waals surface area contributed by atoms with Crippen LogP contribution < -0.4 is 21.3 Å². The zero-order valence-corrected chi connectivity index (χ0v) is 45.3. The van der Waals surface area contributed by atoms with E-state index in [0.717, 1.165) is 11.1 Å². The first-order chi connectivity index (χ1) is 33.9. The van der Waals surface area contributed by atoms with E-state index < -0.39 is 100 Å². The maximum absolute atomic E-state index is 14.7. The summed E-state index contributed by atoms with van der Waals surface area (Å²) in [6.45, 7) is 21.3. The highest BCUT2D eigenvalue weighted by Crippen LogP contribution is 2.30. The lowest BCUT2D eigenvalue weighted by atomic mass is 9.84. The molecule has 0 aromatic heterocycles. The summed E-state index contributed by atoms with van der Waals surface area (Å²) in [4.78, 5) is 114. The van der Waals surface area contributed by atoms with Crippen molar-refractivity contribution in [1.29, 1.82) is 0 Å². The van der Waals surface area contributed by atoms with Crippen LogP contribution in [0.5, 0.6) is 0 Å². The Morgan fingerprint density at radius 2 is 1.33 bits per heavy atom. The third-order valence-electron chi connectivity index (χ3n) is 12.4. The fraction of sp³-hybridized carbons (Fsp3) is 0.630. The summed E-state index contributed by atoms with van der Waals surface area (Å²) in [7, 11) is 1.22. The maximum Gasteiger partial charge on any atom is 0.410 e. The molecule has 0 bridgehead atoms. The van der Waals surface area contributed by atoms with Crippen LogP contribution in [0.15, 0.2) is 60.7 Å². The van der Waals surface area contributed by atoms with Crippen LogP contribution in [0.1, 0.15) is 133 Å². The van der Waals surface area contributed by atoms with Gasteiger partial charge >= 0.3 is 24.2 Å². The molecule has 7 amide bonds. The number of benzene rings is 2. The number of methoxy groups -OCH3 is 1. The van der Waals surface area contributed by atoms with Crippen LogP contribution in [0.2, 0.25) is 0 Å². The van der Waals surface area contributed by atoms with Crippen LogP contribution in [0.4, 0.5) is 14.4 Å². The Labute approximate surface area is 431 Å². The van der Waals surface area contributed by atoms with E-state index in [0.29, 0.717) is 12.8 Å². The van der Waals surface area contributed by atoms with Gasteiger partial charge in [-0.15, -0.1) is 0 Å². The number of nitrogens with zero attached hydrogens (tertiary/aromatic N) is 3. The average Bonchev–Trinajstić information content (AvgIpc) is 3.56. The molecule has 4 rings (SSSR count). The maximum atomic E-state index is 14.7. The molecular weight excluding hydrogens is 939 g/mol. The molecule has 73 heavy (non-hydrogen) atoms. The standard InChI is InChI=1S/C54H81N7O12/c1-36-32-40(57-43(63)39(33-37-22-16-14-17-23-37)56-42(62)34-60(49(69)73-52(8,9)10)35-53(11,12)38-24-18-15-19-25-38)44(64)61(36)41(26-20-21-29-55-47(67)71-50(2,3)4)45(65)59-30-27-54(28-31-59,46(66)70-13)58-48(68)72-51(5,6)7/h14-19,22-25,36,39-41H,20-21,26-35H2,1-13H3,(H,55,67)(H,56,62)(H,57,63)(H,58,68)/t36?,39?,40-,41-/m1/s1. The van der Waals surface area contributed by atoms with Gasteiger partial charge in [0, 0.05) is 44.1 Å². The van der Waals surface area contributed by atoms with E-state index in [-0.39, 0.29) is 64.2 Å². The second-order valence-corrected chi connectivity index (χ2v) is 22.8. The molecule has 2 aliphatic rings. The van der Waals surface area contributed by atoms with Gasteiger partial charge in [0.2, 0.25) is 23.6 Å². The van der Waals surface area contributed by atoms with Gasteiger partial charge in [0.15, 0.2) is 0 Å². The number of unbranched alkanes of at least 4 members (excludes halogenated alkanes) is 1. The summed E-state index contributed by atoms with van der Waals surface area (Å²) in [6, 6.07) is 14.9. The van der Waals surface area contributed by atoms with Crippen molar-refractivity contribution < 1.29 is 57.3 Å². The molecule has 2 fully saturated rings. The number of esters is 1. The molecular formula is C54H81N7O12. The van der Waals surface area contributed by atoms with Crippen LogP contribution in [0.3, 0.4) is 0 Å². The van der Waals surface area contributed by atoms with Gasteiger partial charge in [-0.1, -0.05) is 74.5 Å². The molecule has 2 unspecified atom stereocenters. The molecule has 0 saturated carbocycles. The Bertz CT molecular complexity index is 2230. The average molecular weight is 1020 g/mol. The third kappa shape index (κ3) is 18.2. The highest BCUT2D eigenvalue weighted by atomic mass is 16.6. The molecule has 2 aliphatic heterocycles. The number of rotatable bonds is 19. The van der Waals surface area contributed by atoms with E-state index in [1.807, 2.05) is 74.5 Å². The number of hydrogen-bond donors (Lipinski definition) is 4. The molecule has 2 heterocycles. The van der Waals surface area contributed by atoms with Crippen LogP contribution in [-0.4, -0.2) is 149 Å². The highest BCUT2D eigenvalue weighted by Gasteiger charge is 2.49. The van der Waals surface area contributed by atoms with Crippen molar-refractivity contribution in [1.82, 2.24) is 36.0 Å². The molecule has 19 heteroatoms. The number of amides is 7. The van der Waals surface area contributed by atoms with Crippen LogP contribution in [0, 0.1) is 0 Å². The fourth-order valence-corrected chi connectivity index (χ4v) is 8.99. The number of piperidine rings is 1. The second kappa shape index (κ2) is 25.0. The Hall–Kier alpha value is -6.40. The first-order valence-electron chi connectivity index (χ1n) is 25.3. The van der Waals surface area contributed by atoms with Crippen molar-refractivity contribution in [2.45, 2.75) is 180 Å². The molecule has 2 aromatic carbocycles. The Morgan fingerprint density at radius 1 is 0.767 bits per heavy atom. The predicted octanol–water partition coefficient (Wildman–Crippen LogP) is 6.16. The molecule has 2 saturated heterocycles. The number of hydrogen-bond acceptors (Lipinski definition) is 12. The SMILES string of the molecule is COC(=O)C1(NC(=O)OC(C)(C)C)CCN(C(=O)[C@@H](CCCCNC(=O)OC(C)(C)C)N2C(=O)[C@H](NC(=O)C(Cc3ccccc3)NC(=O)CN(CC(C)(C)c3ccccc3)C(=O)OC(C)(C)C)CC2C)CC1. The van der Waals surface area contributed by atoms with Gasteiger partial charge in [0.1, 0.15) is 47.0 Å². The molecule has 4 N–H and O–H groups in total. The third-order valence-corrected chi connectivity index (χ3v) is 12.4. The predicted molar refractivity (Wildman–Crippen MR) is 274 cm³/mol. The van der Waals surface area contributed by atoms with Crippen molar-refractivity contribution in [2.75, 3.05) is 39.8 Å². The fourth-order valence-electron chi connectivity index (χ4n) is 8.99. The quantitative estimate of drug-likeness (QED) is 0.0705. The lowest BCUT2D eigenvalue weighted by molar-refractivity contribution is -0.154. The minimum absolute atomic E-state index is 0.00815. The van der Waals surface area contributed by atoms with Gasteiger partial charge in [-0.3, -0.25) is 24.1 Å². The van der Waals surface area contributed by atoms with E-state index in [9.17, 15) is 38.4 Å². The summed E-state index contributed by atoms with van der Waals surface area (Å²) in [5.41, 5.74) is -2.79. The number of carbonyl (C=O) groups is 8. The molecule has 404 valence electrons. The van der Waals surface area contributed by atoms with E-state index in [2.05, 4.69) is 21.3 Å². The van der Waals surface area contributed by atoms with Gasteiger partial charge in [-0.25, -0.2) is 19.2 Å². The van der Waals surface area contributed by atoms with Crippen LogP contribution in [-0.2, 0) is 54.8 Å². The van der Waals surface area contributed by atoms with Gasteiger partial charge in [-0.2, -0.15) is 0 Å². The van der Waals surface area contributed by atoms with Crippen molar-refractivity contribution in [2.24, 2.45) is 0 Å². The zero-order valence-electron chi connectivity index (χ0n) is 45.3. The summed E-state index contributed by atoms with van der Waals surface area (Å²) < 4.78 is 21.7. The summed E-state index contributed by atoms with van der Waals surface area (Å²) in [5.74, 6) is -2.83. The van der Waals surface area contributed by atoms with E-state index in [1.54, 1.807) is 74.1 Å². The molecule has 0 spiro atoms. The van der Waals surface area contributed by atoms with E-state index in [4.69, 9.17) is 18.9 Å². The molecule has 0 radical (unpaired) electrons. The smallest absolute Gasteiger partial charge is 0.410 e. The van der Waals surface area contributed by atoms with Crippen molar-refractivity contribution in [3.05, 3.63) is 71.8 Å². The van der Waals surface area contributed by atoms with Crippen molar-refractivity contribution in [3.63, 3.8) is 0 Å². The number of nitrogens with one attached hydrogen (secondary N) is 4. The van der Waals surface area contributed by atoms with Gasteiger partial charge in [0.25, 0.3) is 0 Å². The lowest BCUT2D eigenvalue weighted by Crippen LogP contribution is -2.63. The second-order valence-electron chi connectivity index (χ2n) is 22.8. The number of likely N-dealkylation sites (tertiary alicyclic amines) is 2. The van der Waals surface area contributed by atoms with Crippen LogP contribution >= 0.6 is 0 Å². The Kier molecular flexibility index (Phi) is 20.3. The van der Waals surface area contributed by atoms with Gasteiger partial charge in [0.05, 0.1) is 7.11 Å². The van der Waals surface area contributed by atoms with Crippen LogP contribution in [0.25, 0.3) is 0 Å². The van der Waals surface area contributed by atoms with Crippen molar-refractivity contribution >= 4 is 47.9 Å². The molecule has 2 aromatic rings. The Balaban J connectivity index is 1.57. The zero-order chi connectivity index (χ0) is 54.5. The topological polar surface area (TPSA) is 231 Å². The van der Waals surface area contributed by atoms with Gasteiger partial charge < -0.3 is 50.0 Å². The summed E-state index contributed by atoms with van der Waals surface area (Å²) in [6.07, 6.45) is -0.819. The summed E-state index contributed by atoms with van der Waals surface area (Å²) >= 11 is 0. The molecule has 4 atom stereocenters. The summed E-state index contributed by atoms with van der Waals surface area (Å²) in [5, 5.41) is 11.2. The van der Waals surface area contributed by atoms with E-state index >= 15 is 0 Å². The largest absolute Gasteiger partial charge is 0.467 e. The van der Waals surface area contributed by atoms with Crippen molar-refractivity contribution in [3.8, 4) is 0 Å². The highest BCUT2D eigenvalue weighted by molar-refractivity contribution is 5.96. The lowest BCUT2D eigenvalue weighted by Gasteiger charge is -2.42. The normalized spacial score (nSPS) is 17.8. The van der Waals surface area contributed by atoms with E-state index in [1.165, 1.54) is 16.9 Å².